The third kappa shape index (κ3) is 2.42. The molecule has 0 saturated carbocycles. The normalized spacial score (nSPS) is 12.2. The highest BCUT2D eigenvalue weighted by Crippen LogP contribution is 2.24. The molecular formula is C13H15N3O3. The van der Waals surface area contributed by atoms with E-state index in [0.29, 0.717) is 11.6 Å². The fourth-order valence-electron chi connectivity index (χ4n) is 1.88. The first kappa shape index (κ1) is 13.1. The number of nitrogens with zero attached hydrogens (tertiary/aromatic N) is 3. The maximum Gasteiger partial charge on any atom is 0.326 e. The lowest BCUT2D eigenvalue weighted by Crippen LogP contribution is -2.17. The first-order valence-electron chi connectivity index (χ1n) is 5.83. The Balaban J connectivity index is 2.47. The Bertz CT molecular complexity index is 590. The number of rotatable bonds is 4. The van der Waals surface area contributed by atoms with Gasteiger partial charge in [-0.15, -0.1) is 10.2 Å². The van der Waals surface area contributed by atoms with E-state index in [1.54, 1.807) is 37.7 Å². The second-order valence-electron chi connectivity index (χ2n) is 4.18. The quantitative estimate of drug-likeness (QED) is 0.909. The van der Waals surface area contributed by atoms with Gasteiger partial charge in [-0.1, -0.05) is 0 Å². The Morgan fingerprint density at radius 3 is 2.47 bits per heavy atom. The highest BCUT2D eigenvalue weighted by molar-refractivity contribution is 5.73. The van der Waals surface area contributed by atoms with E-state index in [1.807, 2.05) is 12.1 Å². The van der Waals surface area contributed by atoms with Crippen LogP contribution in [0.1, 0.15) is 18.8 Å². The lowest BCUT2D eigenvalue weighted by molar-refractivity contribution is -0.140. The Hall–Kier alpha value is -2.37. The van der Waals surface area contributed by atoms with Gasteiger partial charge in [-0.3, -0.25) is 4.57 Å². The smallest absolute Gasteiger partial charge is 0.326 e. The van der Waals surface area contributed by atoms with Crippen LogP contribution in [-0.4, -0.2) is 33.0 Å². The third-order valence-electron chi connectivity index (χ3n) is 2.96. The van der Waals surface area contributed by atoms with Gasteiger partial charge in [0.05, 0.1) is 7.11 Å². The number of ether oxygens (including phenoxy) is 1. The summed E-state index contributed by atoms with van der Waals surface area (Å²) in [4.78, 5) is 11.1. The minimum absolute atomic E-state index is 0.537. The molecule has 0 aliphatic rings. The van der Waals surface area contributed by atoms with Crippen molar-refractivity contribution in [2.45, 2.75) is 19.9 Å². The topological polar surface area (TPSA) is 77.2 Å². The second-order valence-corrected chi connectivity index (χ2v) is 4.18. The van der Waals surface area contributed by atoms with Crippen molar-refractivity contribution in [1.29, 1.82) is 0 Å². The summed E-state index contributed by atoms with van der Waals surface area (Å²) in [6.07, 6.45) is 0. The van der Waals surface area contributed by atoms with Crippen molar-refractivity contribution < 1.29 is 14.6 Å². The van der Waals surface area contributed by atoms with Gasteiger partial charge < -0.3 is 9.84 Å². The summed E-state index contributed by atoms with van der Waals surface area (Å²) in [5.41, 5.74) is 0.800. The van der Waals surface area contributed by atoms with E-state index in [1.165, 1.54) is 0 Å². The first-order valence-corrected chi connectivity index (χ1v) is 5.83. The summed E-state index contributed by atoms with van der Waals surface area (Å²) in [6, 6.07) is 6.54. The summed E-state index contributed by atoms with van der Waals surface area (Å²) in [7, 11) is 1.59. The summed E-state index contributed by atoms with van der Waals surface area (Å²) in [5.74, 6) is 0.922. The zero-order valence-corrected chi connectivity index (χ0v) is 11.0. The van der Waals surface area contributed by atoms with Gasteiger partial charge in [0.15, 0.2) is 5.82 Å². The van der Waals surface area contributed by atoms with Crippen LogP contribution in [0.4, 0.5) is 0 Å². The minimum atomic E-state index is -0.919. The molecule has 0 aliphatic carbocycles. The molecule has 2 rings (SSSR count). The largest absolute Gasteiger partial charge is 0.497 e. The number of carboxylic acid groups (broad SMARTS) is 1. The number of hydrogen-bond acceptors (Lipinski definition) is 4. The fraction of sp³-hybridized carbons (Fsp3) is 0.308. The second kappa shape index (κ2) is 5.09. The van der Waals surface area contributed by atoms with Gasteiger partial charge in [-0.05, 0) is 38.1 Å². The Morgan fingerprint density at radius 2 is 1.95 bits per heavy atom. The van der Waals surface area contributed by atoms with E-state index in [0.717, 1.165) is 11.3 Å². The SMILES string of the molecule is COc1ccc(-c2nnc(C)n2C(C)C(=O)O)cc1. The number of aliphatic carboxylic acids is 1. The van der Waals surface area contributed by atoms with Gasteiger partial charge in [-0.2, -0.15) is 0 Å². The number of aryl methyl sites for hydroxylation is 1. The van der Waals surface area contributed by atoms with E-state index in [2.05, 4.69) is 10.2 Å². The van der Waals surface area contributed by atoms with E-state index in [-0.39, 0.29) is 0 Å². The van der Waals surface area contributed by atoms with E-state index >= 15 is 0 Å². The molecule has 6 heteroatoms. The van der Waals surface area contributed by atoms with Crippen LogP contribution in [0.5, 0.6) is 5.75 Å². The summed E-state index contributed by atoms with van der Waals surface area (Å²) in [5, 5.41) is 17.1. The van der Waals surface area contributed by atoms with Crippen LogP contribution in [0.15, 0.2) is 24.3 Å². The number of carboxylic acids is 1. The molecule has 1 N–H and O–H groups in total. The molecule has 0 spiro atoms. The van der Waals surface area contributed by atoms with Crippen molar-refractivity contribution in [3.05, 3.63) is 30.1 Å². The lowest BCUT2D eigenvalue weighted by Gasteiger charge is -2.13. The molecule has 1 atom stereocenters. The molecule has 19 heavy (non-hydrogen) atoms. The van der Waals surface area contributed by atoms with Gasteiger partial charge in [0.25, 0.3) is 0 Å². The molecule has 1 aromatic carbocycles. The highest BCUT2D eigenvalue weighted by atomic mass is 16.5. The Kier molecular flexibility index (Phi) is 3.50. The van der Waals surface area contributed by atoms with Crippen molar-refractivity contribution in [2.24, 2.45) is 0 Å². The predicted octanol–water partition coefficient (Wildman–Crippen LogP) is 1.91. The number of carbonyl (C=O) groups is 1. The third-order valence-corrected chi connectivity index (χ3v) is 2.96. The molecule has 0 bridgehead atoms. The average molecular weight is 261 g/mol. The zero-order valence-electron chi connectivity index (χ0n) is 11.0. The Morgan fingerprint density at radius 1 is 1.32 bits per heavy atom. The number of hydrogen-bond donors (Lipinski definition) is 1. The van der Waals surface area contributed by atoms with Gasteiger partial charge in [-0.25, -0.2) is 4.79 Å². The lowest BCUT2D eigenvalue weighted by atomic mass is 10.2. The van der Waals surface area contributed by atoms with Gasteiger partial charge in [0, 0.05) is 5.56 Å². The highest BCUT2D eigenvalue weighted by Gasteiger charge is 2.21. The molecule has 0 aliphatic heterocycles. The molecule has 1 aromatic heterocycles. The van der Waals surface area contributed by atoms with Crippen LogP contribution in [0.25, 0.3) is 11.4 Å². The van der Waals surface area contributed by atoms with Crippen LogP contribution in [0.2, 0.25) is 0 Å². The summed E-state index contributed by atoms with van der Waals surface area (Å²) < 4.78 is 6.69. The van der Waals surface area contributed by atoms with E-state index < -0.39 is 12.0 Å². The number of benzene rings is 1. The first-order chi connectivity index (χ1) is 9.04. The van der Waals surface area contributed by atoms with Crippen molar-refractivity contribution in [3.8, 4) is 17.1 Å². The standard InChI is InChI=1S/C13H15N3O3/c1-8(13(17)18)16-9(2)14-15-12(16)10-4-6-11(19-3)7-5-10/h4-8H,1-3H3,(H,17,18). The van der Waals surface area contributed by atoms with Gasteiger partial charge in [0.1, 0.15) is 17.6 Å². The Labute approximate surface area is 110 Å². The van der Waals surface area contributed by atoms with Gasteiger partial charge in [0.2, 0.25) is 0 Å². The summed E-state index contributed by atoms with van der Waals surface area (Å²) >= 11 is 0. The van der Waals surface area contributed by atoms with Crippen molar-refractivity contribution in [1.82, 2.24) is 14.8 Å². The average Bonchev–Trinajstić information content (AvgIpc) is 2.79. The molecule has 6 nitrogen and oxygen atoms in total. The van der Waals surface area contributed by atoms with Crippen LogP contribution < -0.4 is 4.74 Å². The van der Waals surface area contributed by atoms with Crippen molar-refractivity contribution >= 4 is 5.97 Å². The fourth-order valence-corrected chi connectivity index (χ4v) is 1.88. The molecule has 100 valence electrons. The number of methoxy groups -OCH3 is 1. The maximum absolute atomic E-state index is 11.1. The summed E-state index contributed by atoms with van der Waals surface area (Å²) in [6.45, 7) is 3.34. The molecule has 0 amide bonds. The van der Waals surface area contributed by atoms with E-state index in [4.69, 9.17) is 9.84 Å². The molecule has 1 heterocycles. The zero-order chi connectivity index (χ0) is 14.0. The maximum atomic E-state index is 11.1. The molecule has 1 unspecified atom stereocenters. The van der Waals surface area contributed by atoms with Crippen LogP contribution >= 0.6 is 0 Å². The number of aromatic nitrogens is 3. The van der Waals surface area contributed by atoms with Crippen molar-refractivity contribution in [2.75, 3.05) is 7.11 Å². The van der Waals surface area contributed by atoms with Crippen LogP contribution in [0, 0.1) is 6.92 Å². The van der Waals surface area contributed by atoms with E-state index in [9.17, 15) is 4.79 Å². The molecule has 0 radical (unpaired) electrons. The van der Waals surface area contributed by atoms with Crippen LogP contribution in [-0.2, 0) is 4.79 Å². The van der Waals surface area contributed by atoms with Crippen LogP contribution in [0.3, 0.4) is 0 Å². The van der Waals surface area contributed by atoms with Gasteiger partial charge >= 0.3 is 5.97 Å². The molecule has 0 fully saturated rings. The molecule has 0 saturated heterocycles. The monoisotopic (exact) mass is 261 g/mol. The predicted molar refractivity (Wildman–Crippen MR) is 69.1 cm³/mol. The molecular weight excluding hydrogens is 246 g/mol. The van der Waals surface area contributed by atoms with Crippen molar-refractivity contribution in [3.63, 3.8) is 0 Å². The molecule has 2 aromatic rings. The minimum Gasteiger partial charge on any atom is -0.497 e.